The fraction of sp³-hybridized carbons (Fsp3) is 0.238. The Kier molecular flexibility index (Phi) is 5.85. The highest BCUT2D eigenvalue weighted by atomic mass is 35.5. The van der Waals surface area contributed by atoms with Gasteiger partial charge in [0.1, 0.15) is 0 Å². The zero-order valence-corrected chi connectivity index (χ0v) is 17.5. The molecule has 0 spiro atoms. The van der Waals surface area contributed by atoms with Crippen molar-refractivity contribution in [3.8, 4) is 0 Å². The Morgan fingerprint density at radius 2 is 1.86 bits per heavy atom. The van der Waals surface area contributed by atoms with Crippen LogP contribution in [0.3, 0.4) is 0 Å². The molecular formula is C21H20Cl2N4S. The Labute approximate surface area is 179 Å². The van der Waals surface area contributed by atoms with Crippen molar-refractivity contribution in [2.75, 3.05) is 23.3 Å². The van der Waals surface area contributed by atoms with Gasteiger partial charge in [-0.1, -0.05) is 35.3 Å². The minimum Gasteiger partial charge on any atom is -0.371 e. The van der Waals surface area contributed by atoms with E-state index in [-0.39, 0.29) is 0 Å². The Morgan fingerprint density at radius 3 is 2.64 bits per heavy atom. The molecule has 0 atom stereocenters. The van der Waals surface area contributed by atoms with Crippen molar-refractivity contribution in [1.82, 2.24) is 10.3 Å². The largest absolute Gasteiger partial charge is 0.371 e. The zero-order valence-electron chi connectivity index (χ0n) is 15.2. The van der Waals surface area contributed by atoms with E-state index in [2.05, 4.69) is 26.6 Å². The smallest absolute Gasteiger partial charge is 0.171 e. The van der Waals surface area contributed by atoms with Crippen LogP contribution in [0.4, 0.5) is 11.4 Å². The maximum absolute atomic E-state index is 6.20. The summed E-state index contributed by atoms with van der Waals surface area (Å²) in [6.07, 6.45) is 3.85. The first kappa shape index (κ1) is 19.2. The summed E-state index contributed by atoms with van der Waals surface area (Å²) >= 11 is 17.8. The molecule has 0 bridgehead atoms. The molecule has 3 aromatic rings. The predicted molar refractivity (Wildman–Crippen MR) is 123 cm³/mol. The van der Waals surface area contributed by atoms with E-state index in [0.29, 0.717) is 16.2 Å². The minimum absolute atomic E-state index is 0.329. The summed E-state index contributed by atoms with van der Waals surface area (Å²) in [5.74, 6) is 0. The predicted octanol–water partition coefficient (Wildman–Crippen LogP) is 5.50. The molecule has 144 valence electrons. The van der Waals surface area contributed by atoms with Crippen LogP contribution >= 0.6 is 35.4 Å². The summed E-state index contributed by atoms with van der Waals surface area (Å²) in [7, 11) is 0. The van der Waals surface area contributed by atoms with Gasteiger partial charge in [0, 0.05) is 41.4 Å². The number of benzene rings is 2. The normalized spacial score (nSPS) is 14.9. The lowest BCUT2D eigenvalue weighted by atomic mass is 10.0. The summed E-state index contributed by atoms with van der Waals surface area (Å²) in [5, 5.41) is 9.68. The van der Waals surface area contributed by atoms with Crippen molar-refractivity contribution in [3.05, 3.63) is 64.8 Å². The van der Waals surface area contributed by atoms with Crippen LogP contribution in [0.25, 0.3) is 10.9 Å². The van der Waals surface area contributed by atoms with Crippen molar-refractivity contribution in [2.24, 2.45) is 0 Å². The number of hydrogen-bond donors (Lipinski definition) is 2. The fourth-order valence-electron chi connectivity index (χ4n) is 3.55. The molecule has 2 aromatic carbocycles. The number of para-hydroxylation sites is 1. The van der Waals surface area contributed by atoms with E-state index in [4.69, 9.17) is 35.4 Å². The molecule has 1 aliphatic rings. The first-order valence-electron chi connectivity index (χ1n) is 9.21. The molecule has 1 aliphatic heterocycles. The Hall–Kier alpha value is -2.08. The van der Waals surface area contributed by atoms with E-state index in [1.807, 2.05) is 48.7 Å². The van der Waals surface area contributed by atoms with Crippen LogP contribution < -0.4 is 15.5 Å². The third-order valence-electron chi connectivity index (χ3n) is 4.97. The van der Waals surface area contributed by atoms with Crippen LogP contribution in [-0.4, -0.2) is 29.2 Å². The maximum atomic E-state index is 6.20. The zero-order chi connectivity index (χ0) is 19.5. The van der Waals surface area contributed by atoms with Crippen molar-refractivity contribution in [3.63, 3.8) is 0 Å². The van der Waals surface area contributed by atoms with Crippen LogP contribution in [-0.2, 0) is 0 Å². The molecule has 0 unspecified atom stereocenters. The number of nitrogens with zero attached hydrogens (tertiary/aromatic N) is 2. The number of anilines is 2. The highest BCUT2D eigenvalue weighted by Gasteiger charge is 2.21. The molecule has 1 fully saturated rings. The number of hydrogen-bond acceptors (Lipinski definition) is 3. The van der Waals surface area contributed by atoms with Crippen LogP contribution in [0.1, 0.15) is 12.8 Å². The molecule has 0 radical (unpaired) electrons. The van der Waals surface area contributed by atoms with Gasteiger partial charge in [0.25, 0.3) is 0 Å². The molecular weight excluding hydrogens is 411 g/mol. The van der Waals surface area contributed by atoms with E-state index in [1.165, 1.54) is 5.69 Å². The molecule has 28 heavy (non-hydrogen) atoms. The number of fused-ring (bicyclic) bond motifs is 1. The van der Waals surface area contributed by atoms with Crippen molar-refractivity contribution >= 4 is 62.8 Å². The van der Waals surface area contributed by atoms with E-state index < -0.39 is 0 Å². The molecule has 2 heterocycles. The van der Waals surface area contributed by atoms with E-state index >= 15 is 0 Å². The lowest BCUT2D eigenvalue weighted by molar-refractivity contribution is 0.468. The SMILES string of the molecule is S=C(Nc1ccccc1Cl)NC1CCN(c2ccnc3ccc(Cl)cc23)CC1. The highest BCUT2D eigenvalue weighted by molar-refractivity contribution is 7.80. The first-order chi connectivity index (χ1) is 13.6. The molecule has 0 amide bonds. The van der Waals surface area contributed by atoms with E-state index in [9.17, 15) is 0 Å². The van der Waals surface area contributed by atoms with Crippen LogP contribution in [0.2, 0.25) is 10.0 Å². The van der Waals surface area contributed by atoms with Gasteiger partial charge in [-0.3, -0.25) is 4.98 Å². The quantitative estimate of drug-likeness (QED) is 0.536. The van der Waals surface area contributed by atoms with Gasteiger partial charge >= 0.3 is 0 Å². The molecule has 7 heteroatoms. The molecule has 2 N–H and O–H groups in total. The van der Waals surface area contributed by atoms with Crippen molar-refractivity contribution in [1.29, 1.82) is 0 Å². The molecule has 4 nitrogen and oxygen atoms in total. The minimum atomic E-state index is 0.329. The highest BCUT2D eigenvalue weighted by Crippen LogP contribution is 2.30. The molecule has 4 rings (SSSR count). The molecule has 0 saturated carbocycles. The standard InChI is InChI=1S/C21H20Cl2N4S/c22-14-5-6-18-16(13-14)20(7-10-24-18)27-11-8-15(9-12-27)25-21(28)26-19-4-2-1-3-17(19)23/h1-7,10,13,15H,8-9,11-12H2,(H2,25,26,28). The lowest BCUT2D eigenvalue weighted by Crippen LogP contribution is -2.46. The Balaban J connectivity index is 1.38. The maximum Gasteiger partial charge on any atom is 0.171 e. The summed E-state index contributed by atoms with van der Waals surface area (Å²) < 4.78 is 0. The third-order valence-corrected chi connectivity index (χ3v) is 5.76. The number of halogens is 2. The topological polar surface area (TPSA) is 40.2 Å². The van der Waals surface area contributed by atoms with Gasteiger partial charge in [-0.25, -0.2) is 0 Å². The number of piperidine rings is 1. The van der Waals surface area contributed by atoms with Crippen molar-refractivity contribution in [2.45, 2.75) is 18.9 Å². The Morgan fingerprint density at radius 1 is 1.07 bits per heavy atom. The van der Waals surface area contributed by atoms with E-state index in [1.54, 1.807) is 0 Å². The average molecular weight is 431 g/mol. The average Bonchev–Trinajstić information content (AvgIpc) is 2.70. The van der Waals surface area contributed by atoms with Crippen LogP contribution in [0.5, 0.6) is 0 Å². The van der Waals surface area contributed by atoms with Gasteiger partial charge in [-0.05, 0) is 61.5 Å². The summed E-state index contributed by atoms with van der Waals surface area (Å²) in [6, 6.07) is 15.8. The number of nitrogens with one attached hydrogen (secondary N) is 2. The summed E-state index contributed by atoms with van der Waals surface area (Å²) in [4.78, 5) is 6.84. The molecule has 1 saturated heterocycles. The third kappa shape index (κ3) is 4.32. The second-order valence-corrected chi connectivity index (χ2v) is 8.08. The number of thiocarbonyl (C=S) groups is 1. The van der Waals surface area contributed by atoms with Crippen LogP contribution in [0.15, 0.2) is 54.7 Å². The van der Waals surface area contributed by atoms with Gasteiger partial charge in [-0.2, -0.15) is 0 Å². The first-order valence-corrected chi connectivity index (χ1v) is 10.4. The van der Waals surface area contributed by atoms with Crippen molar-refractivity contribution < 1.29 is 0 Å². The number of pyridine rings is 1. The molecule has 1 aromatic heterocycles. The van der Waals surface area contributed by atoms with Gasteiger partial charge in [0.2, 0.25) is 0 Å². The second-order valence-electron chi connectivity index (χ2n) is 6.83. The number of aromatic nitrogens is 1. The van der Waals surface area contributed by atoms with Gasteiger partial charge < -0.3 is 15.5 Å². The summed E-state index contributed by atoms with van der Waals surface area (Å²) in [5.41, 5.74) is 2.97. The lowest BCUT2D eigenvalue weighted by Gasteiger charge is -2.35. The van der Waals surface area contributed by atoms with Gasteiger partial charge in [-0.15, -0.1) is 0 Å². The monoisotopic (exact) mass is 430 g/mol. The second kappa shape index (κ2) is 8.52. The Bertz CT molecular complexity index is 1000. The van der Waals surface area contributed by atoms with Crippen LogP contribution in [0, 0.1) is 0 Å². The molecule has 0 aliphatic carbocycles. The fourth-order valence-corrected chi connectivity index (χ4v) is 4.18. The van der Waals surface area contributed by atoms with Gasteiger partial charge in [0.05, 0.1) is 16.2 Å². The summed E-state index contributed by atoms with van der Waals surface area (Å²) in [6.45, 7) is 1.88. The van der Waals surface area contributed by atoms with E-state index in [0.717, 1.165) is 47.5 Å². The number of rotatable bonds is 3. The van der Waals surface area contributed by atoms with Gasteiger partial charge in [0.15, 0.2) is 5.11 Å².